The van der Waals surface area contributed by atoms with Crippen LogP contribution in [0.2, 0.25) is 0 Å². The standard InChI is InChI=1S/C14H17FN2O4/c15-10-1-3-11(4-2-10)21-7-5-13(18)17-6-8-20-9-12(17)14(16)19/h1-4,12H,5-9H2,(H2,16,19). The monoisotopic (exact) mass is 296 g/mol. The molecule has 1 unspecified atom stereocenters. The van der Waals surface area contributed by atoms with Crippen LogP contribution in [0.3, 0.4) is 0 Å². The molecule has 21 heavy (non-hydrogen) atoms. The van der Waals surface area contributed by atoms with Crippen LogP contribution in [-0.2, 0) is 14.3 Å². The van der Waals surface area contributed by atoms with Crippen LogP contribution in [0.25, 0.3) is 0 Å². The minimum absolute atomic E-state index is 0.112. The van der Waals surface area contributed by atoms with Crippen LogP contribution in [0.1, 0.15) is 6.42 Å². The van der Waals surface area contributed by atoms with Crippen molar-refractivity contribution in [1.82, 2.24) is 4.90 Å². The zero-order valence-corrected chi connectivity index (χ0v) is 11.5. The van der Waals surface area contributed by atoms with Crippen LogP contribution in [0.15, 0.2) is 24.3 Å². The molecule has 7 heteroatoms. The van der Waals surface area contributed by atoms with Gasteiger partial charge in [-0.2, -0.15) is 0 Å². The van der Waals surface area contributed by atoms with Crippen molar-refractivity contribution in [3.63, 3.8) is 0 Å². The normalized spacial score (nSPS) is 18.3. The predicted octanol–water partition coefficient (Wildman–Crippen LogP) is 0.307. The number of ether oxygens (including phenoxy) is 2. The summed E-state index contributed by atoms with van der Waals surface area (Å²) in [6.45, 7) is 0.991. The maximum atomic E-state index is 12.7. The lowest BCUT2D eigenvalue weighted by Gasteiger charge is -2.33. The van der Waals surface area contributed by atoms with Crippen LogP contribution in [0.5, 0.6) is 5.75 Å². The topological polar surface area (TPSA) is 81.9 Å². The molecule has 1 fully saturated rings. The smallest absolute Gasteiger partial charge is 0.242 e. The Balaban J connectivity index is 1.83. The molecule has 0 saturated carbocycles. The molecular formula is C14H17FN2O4. The summed E-state index contributed by atoms with van der Waals surface area (Å²) < 4.78 is 23.2. The number of carbonyl (C=O) groups excluding carboxylic acids is 2. The van der Waals surface area contributed by atoms with E-state index in [0.717, 1.165) is 0 Å². The number of halogens is 1. The van der Waals surface area contributed by atoms with E-state index in [0.29, 0.717) is 18.9 Å². The zero-order chi connectivity index (χ0) is 15.2. The van der Waals surface area contributed by atoms with Crippen LogP contribution < -0.4 is 10.5 Å². The number of primary amides is 1. The fourth-order valence-corrected chi connectivity index (χ4v) is 2.07. The maximum Gasteiger partial charge on any atom is 0.242 e. The molecule has 0 bridgehead atoms. The average Bonchev–Trinajstić information content (AvgIpc) is 2.49. The molecule has 1 aromatic rings. The lowest BCUT2D eigenvalue weighted by atomic mass is 10.2. The van der Waals surface area contributed by atoms with Gasteiger partial charge in [0, 0.05) is 6.54 Å². The second kappa shape index (κ2) is 7.03. The van der Waals surface area contributed by atoms with Crippen molar-refractivity contribution in [1.29, 1.82) is 0 Å². The number of amides is 2. The number of hydrogen-bond acceptors (Lipinski definition) is 4. The quantitative estimate of drug-likeness (QED) is 0.847. The number of carbonyl (C=O) groups is 2. The van der Waals surface area contributed by atoms with Gasteiger partial charge in [-0.1, -0.05) is 0 Å². The molecule has 114 valence electrons. The Hall–Kier alpha value is -2.15. The minimum Gasteiger partial charge on any atom is -0.493 e. The third-order valence-corrected chi connectivity index (χ3v) is 3.18. The van der Waals surface area contributed by atoms with Crippen molar-refractivity contribution in [2.24, 2.45) is 5.73 Å². The summed E-state index contributed by atoms with van der Waals surface area (Å²) in [5.74, 6) is -0.666. The van der Waals surface area contributed by atoms with Crippen LogP contribution in [-0.4, -0.2) is 49.1 Å². The Morgan fingerprint density at radius 1 is 1.38 bits per heavy atom. The van der Waals surface area contributed by atoms with Crippen LogP contribution >= 0.6 is 0 Å². The van der Waals surface area contributed by atoms with E-state index in [1.54, 1.807) is 0 Å². The Kier molecular flexibility index (Phi) is 5.10. The van der Waals surface area contributed by atoms with Gasteiger partial charge in [0.25, 0.3) is 0 Å². The van der Waals surface area contributed by atoms with E-state index in [2.05, 4.69) is 0 Å². The number of rotatable bonds is 5. The third-order valence-electron chi connectivity index (χ3n) is 3.18. The molecule has 1 aliphatic heterocycles. The predicted molar refractivity (Wildman–Crippen MR) is 72.0 cm³/mol. The largest absolute Gasteiger partial charge is 0.493 e. The number of morpholine rings is 1. The Bertz CT molecular complexity index is 506. The summed E-state index contributed by atoms with van der Waals surface area (Å²) >= 11 is 0. The zero-order valence-electron chi connectivity index (χ0n) is 11.5. The van der Waals surface area contributed by atoms with Crippen molar-refractivity contribution in [2.45, 2.75) is 12.5 Å². The highest BCUT2D eigenvalue weighted by Crippen LogP contribution is 2.12. The first-order chi connectivity index (χ1) is 10.1. The summed E-state index contributed by atoms with van der Waals surface area (Å²) in [7, 11) is 0. The van der Waals surface area contributed by atoms with Crippen molar-refractivity contribution in [3.05, 3.63) is 30.1 Å². The van der Waals surface area contributed by atoms with Gasteiger partial charge in [0.1, 0.15) is 17.6 Å². The molecule has 2 N–H and O–H groups in total. The van der Waals surface area contributed by atoms with E-state index >= 15 is 0 Å². The van der Waals surface area contributed by atoms with E-state index in [-0.39, 0.29) is 31.4 Å². The van der Waals surface area contributed by atoms with Gasteiger partial charge in [-0.15, -0.1) is 0 Å². The summed E-state index contributed by atoms with van der Waals surface area (Å²) in [6.07, 6.45) is 0.112. The van der Waals surface area contributed by atoms with Crippen molar-refractivity contribution < 1.29 is 23.5 Å². The highest BCUT2D eigenvalue weighted by atomic mass is 19.1. The molecule has 1 saturated heterocycles. The van der Waals surface area contributed by atoms with Gasteiger partial charge in [-0.05, 0) is 24.3 Å². The second-order valence-corrected chi connectivity index (χ2v) is 4.63. The Labute approximate surface area is 121 Å². The van der Waals surface area contributed by atoms with Crippen molar-refractivity contribution in [2.75, 3.05) is 26.4 Å². The first kappa shape index (κ1) is 15.2. The first-order valence-electron chi connectivity index (χ1n) is 6.63. The van der Waals surface area contributed by atoms with E-state index in [1.165, 1.54) is 29.2 Å². The van der Waals surface area contributed by atoms with E-state index in [9.17, 15) is 14.0 Å². The molecule has 0 aliphatic carbocycles. The molecule has 0 spiro atoms. The summed E-state index contributed by atoms with van der Waals surface area (Å²) in [4.78, 5) is 24.8. The molecule has 1 heterocycles. The second-order valence-electron chi connectivity index (χ2n) is 4.63. The van der Waals surface area contributed by atoms with Gasteiger partial charge in [-0.3, -0.25) is 9.59 Å². The van der Waals surface area contributed by atoms with Crippen LogP contribution in [0.4, 0.5) is 4.39 Å². The Morgan fingerprint density at radius 3 is 2.76 bits per heavy atom. The van der Waals surface area contributed by atoms with Crippen molar-refractivity contribution in [3.8, 4) is 5.75 Å². The van der Waals surface area contributed by atoms with Crippen LogP contribution in [0, 0.1) is 5.82 Å². The molecule has 1 atom stereocenters. The highest BCUT2D eigenvalue weighted by molar-refractivity contribution is 5.87. The van der Waals surface area contributed by atoms with E-state index in [1.807, 2.05) is 0 Å². The summed E-state index contributed by atoms with van der Waals surface area (Å²) in [5.41, 5.74) is 5.25. The molecule has 0 radical (unpaired) electrons. The summed E-state index contributed by atoms with van der Waals surface area (Å²) in [6, 6.07) is 4.81. The Morgan fingerprint density at radius 2 is 2.10 bits per heavy atom. The van der Waals surface area contributed by atoms with E-state index in [4.69, 9.17) is 15.2 Å². The SMILES string of the molecule is NC(=O)C1COCCN1C(=O)CCOc1ccc(F)cc1. The molecule has 0 aromatic heterocycles. The third kappa shape index (κ3) is 4.16. The lowest BCUT2D eigenvalue weighted by molar-refractivity contribution is -0.147. The molecule has 1 aromatic carbocycles. The highest BCUT2D eigenvalue weighted by Gasteiger charge is 2.30. The molecule has 2 amide bonds. The fourth-order valence-electron chi connectivity index (χ4n) is 2.07. The van der Waals surface area contributed by atoms with E-state index < -0.39 is 11.9 Å². The van der Waals surface area contributed by atoms with Gasteiger partial charge < -0.3 is 20.1 Å². The van der Waals surface area contributed by atoms with Gasteiger partial charge >= 0.3 is 0 Å². The first-order valence-corrected chi connectivity index (χ1v) is 6.63. The average molecular weight is 296 g/mol. The fraction of sp³-hybridized carbons (Fsp3) is 0.429. The molecule has 6 nitrogen and oxygen atoms in total. The molecule has 2 rings (SSSR count). The van der Waals surface area contributed by atoms with Crippen molar-refractivity contribution >= 4 is 11.8 Å². The van der Waals surface area contributed by atoms with Gasteiger partial charge in [0.05, 0.1) is 26.2 Å². The summed E-state index contributed by atoms with van der Waals surface area (Å²) in [5, 5.41) is 0. The minimum atomic E-state index is -0.725. The number of benzene rings is 1. The lowest BCUT2D eigenvalue weighted by Crippen LogP contribution is -2.54. The number of nitrogens with zero attached hydrogens (tertiary/aromatic N) is 1. The van der Waals surface area contributed by atoms with Gasteiger partial charge in [0.15, 0.2) is 0 Å². The number of nitrogens with two attached hydrogens (primary N) is 1. The van der Waals surface area contributed by atoms with Gasteiger partial charge in [0.2, 0.25) is 11.8 Å². The number of hydrogen-bond donors (Lipinski definition) is 1. The maximum absolute atomic E-state index is 12.7. The molecular weight excluding hydrogens is 279 g/mol. The van der Waals surface area contributed by atoms with Gasteiger partial charge in [-0.25, -0.2) is 4.39 Å². The molecule has 1 aliphatic rings.